The molecule has 0 aliphatic heterocycles. The molecule has 0 saturated heterocycles. The van der Waals surface area contributed by atoms with Gasteiger partial charge in [-0.2, -0.15) is 0 Å². The quantitative estimate of drug-likeness (QED) is 0.897. The van der Waals surface area contributed by atoms with Crippen molar-refractivity contribution in [2.75, 3.05) is 0 Å². The number of nitrogens with two attached hydrogens (primary N) is 1. The third kappa shape index (κ3) is 3.15. The minimum atomic E-state index is -4.73. The molecule has 0 radical (unpaired) electrons. The third-order valence-corrected chi connectivity index (χ3v) is 2.03. The van der Waals surface area contributed by atoms with Gasteiger partial charge in [0.2, 0.25) is 5.88 Å². The Labute approximate surface area is 86.2 Å². The first-order valence-corrected chi connectivity index (χ1v) is 4.33. The van der Waals surface area contributed by atoms with Crippen molar-refractivity contribution in [1.82, 2.24) is 4.98 Å². The van der Waals surface area contributed by atoms with Gasteiger partial charge in [-0.25, -0.2) is 4.98 Å². The Kier molecular flexibility index (Phi) is 3.33. The Morgan fingerprint density at radius 1 is 1.43 bits per heavy atom. The van der Waals surface area contributed by atoms with Crippen molar-refractivity contribution in [2.24, 2.45) is 5.73 Å². The van der Waals surface area contributed by atoms with Crippen molar-refractivity contribution >= 4 is 15.9 Å². The number of rotatable bonds is 2. The van der Waals surface area contributed by atoms with E-state index in [1.165, 1.54) is 6.07 Å². The van der Waals surface area contributed by atoms with E-state index in [-0.39, 0.29) is 6.54 Å². The first kappa shape index (κ1) is 11.3. The molecule has 1 heterocycles. The standard InChI is InChI=1S/C7H6BrF3N2O/c8-4-1-2-6(13-5(4)3-12)14-7(9,10)11/h1-2H,3,12H2. The molecule has 14 heavy (non-hydrogen) atoms. The highest BCUT2D eigenvalue weighted by Crippen LogP contribution is 2.23. The molecule has 0 aliphatic carbocycles. The van der Waals surface area contributed by atoms with Gasteiger partial charge in [0.15, 0.2) is 0 Å². The zero-order valence-corrected chi connectivity index (χ0v) is 8.39. The van der Waals surface area contributed by atoms with Crippen LogP contribution < -0.4 is 10.5 Å². The maximum Gasteiger partial charge on any atom is 0.574 e. The van der Waals surface area contributed by atoms with E-state index >= 15 is 0 Å². The second kappa shape index (κ2) is 4.14. The van der Waals surface area contributed by atoms with Crippen molar-refractivity contribution in [3.8, 4) is 5.88 Å². The Hall–Kier alpha value is -0.820. The lowest BCUT2D eigenvalue weighted by Gasteiger charge is -2.09. The van der Waals surface area contributed by atoms with E-state index in [1.54, 1.807) is 0 Å². The van der Waals surface area contributed by atoms with Crippen LogP contribution in [0.4, 0.5) is 13.2 Å². The zero-order valence-electron chi connectivity index (χ0n) is 6.81. The van der Waals surface area contributed by atoms with Gasteiger partial charge in [0.1, 0.15) is 0 Å². The van der Waals surface area contributed by atoms with Gasteiger partial charge in [0.25, 0.3) is 0 Å². The van der Waals surface area contributed by atoms with E-state index in [1.807, 2.05) is 0 Å². The first-order chi connectivity index (χ1) is 6.42. The lowest BCUT2D eigenvalue weighted by molar-refractivity contribution is -0.276. The SMILES string of the molecule is NCc1nc(OC(F)(F)F)ccc1Br. The van der Waals surface area contributed by atoms with Gasteiger partial charge in [0.05, 0.1) is 5.69 Å². The molecule has 2 N–H and O–H groups in total. The lowest BCUT2D eigenvalue weighted by Crippen LogP contribution is -2.18. The molecule has 0 unspecified atom stereocenters. The summed E-state index contributed by atoms with van der Waals surface area (Å²) in [6.07, 6.45) is -4.73. The summed E-state index contributed by atoms with van der Waals surface area (Å²) in [6, 6.07) is 2.51. The molecule has 0 aliphatic rings. The van der Waals surface area contributed by atoms with E-state index in [4.69, 9.17) is 5.73 Å². The second-order valence-electron chi connectivity index (χ2n) is 2.33. The number of halogens is 4. The normalized spacial score (nSPS) is 11.5. The van der Waals surface area contributed by atoms with Gasteiger partial charge in [0, 0.05) is 17.1 Å². The monoisotopic (exact) mass is 270 g/mol. The number of alkyl halides is 3. The summed E-state index contributed by atoms with van der Waals surface area (Å²) in [7, 11) is 0. The van der Waals surface area contributed by atoms with Crippen molar-refractivity contribution < 1.29 is 17.9 Å². The number of hydrogen-bond acceptors (Lipinski definition) is 3. The van der Waals surface area contributed by atoms with Crippen molar-refractivity contribution in [1.29, 1.82) is 0 Å². The highest BCUT2D eigenvalue weighted by molar-refractivity contribution is 9.10. The molecule has 1 rings (SSSR count). The van der Waals surface area contributed by atoms with E-state index < -0.39 is 12.2 Å². The minimum absolute atomic E-state index is 0.0373. The van der Waals surface area contributed by atoms with Gasteiger partial charge in [-0.1, -0.05) is 0 Å². The number of ether oxygens (including phenoxy) is 1. The van der Waals surface area contributed by atoms with E-state index in [2.05, 4.69) is 25.7 Å². The molecule has 1 aromatic heterocycles. The molecule has 0 fully saturated rings. The molecule has 0 atom stereocenters. The van der Waals surface area contributed by atoms with Crippen LogP contribution in [-0.2, 0) is 6.54 Å². The third-order valence-electron chi connectivity index (χ3n) is 1.31. The van der Waals surface area contributed by atoms with Crippen molar-refractivity contribution in [2.45, 2.75) is 12.9 Å². The smallest absolute Gasteiger partial charge is 0.388 e. The van der Waals surface area contributed by atoms with Crippen LogP contribution in [0.15, 0.2) is 16.6 Å². The van der Waals surface area contributed by atoms with Crippen molar-refractivity contribution in [3.05, 3.63) is 22.3 Å². The molecule has 0 amide bonds. The summed E-state index contributed by atoms with van der Waals surface area (Å²) in [6.45, 7) is 0.0373. The number of nitrogens with zero attached hydrogens (tertiary/aromatic N) is 1. The van der Waals surface area contributed by atoms with Gasteiger partial charge in [-0.05, 0) is 22.0 Å². The molecule has 0 bridgehead atoms. The van der Waals surface area contributed by atoms with Crippen LogP contribution in [0.1, 0.15) is 5.69 Å². The molecule has 0 aromatic carbocycles. The summed E-state index contributed by atoms with van der Waals surface area (Å²) in [4.78, 5) is 3.56. The number of pyridine rings is 1. The number of hydrogen-bond donors (Lipinski definition) is 1. The van der Waals surface area contributed by atoms with E-state index in [0.717, 1.165) is 6.07 Å². The predicted octanol–water partition coefficient (Wildman–Crippen LogP) is 2.20. The summed E-state index contributed by atoms with van der Waals surface area (Å²) < 4.78 is 39.5. The maximum atomic E-state index is 11.8. The Balaban J connectivity index is 2.90. The fraction of sp³-hybridized carbons (Fsp3) is 0.286. The van der Waals surface area contributed by atoms with Crippen molar-refractivity contribution in [3.63, 3.8) is 0 Å². The van der Waals surface area contributed by atoms with Crippen LogP contribution in [0, 0.1) is 0 Å². The van der Waals surface area contributed by atoms with E-state index in [0.29, 0.717) is 10.2 Å². The summed E-state index contributed by atoms with van der Waals surface area (Å²) in [5, 5.41) is 0. The fourth-order valence-electron chi connectivity index (χ4n) is 0.783. The van der Waals surface area contributed by atoms with Gasteiger partial charge >= 0.3 is 6.36 Å². The average molecular weight is 271 g/mol. The largest absolute Gasteiger partial charge is 0.574 e. The molecule has 0 saturated carbocycles. The van der Waals surface area contributed by atoms with Gasteiger partial charge < -0.3 is 10.5 Å². The molecule has 78 valence electrons. The molecular formula is C7H6BrF3N2O. The molecule has 0 spiro atoms. The Morgan fingerprint density at radius 2 is 2.07 bits per heavy atom. The van der Waals surface area contributed by atoms with Crippen LogP contribution in [-0.4, -0.2) is 11.3 Å². The highest BCUT2D eigenvalue weighted by atomic mass is 79.9. The van der Waals surface area contributed by atoms with E-state index in [9.17, 15) is 13.2 Å². The summed E-state index contributed by atoms with van der Waals surface area (Å²) in [5.74, 6) is -0.513. The number of aromatic nitrogens is 1. The molecule has 3 nitrogen and oxygen atoms in total. The van der Waals surface area contributed by atoms with Crippen LogP contribution in [0.5, 0.6) is 5.88 Å². The van der Waals surface area contributed by atoms with Crippen LogP contribution >= 0.6 is 15.9 Å². The minimum Gasteiger partial charge on any atom is -0.388 e. The maximum absolute atomic E-state index is 11.8. The molecule has 1 aromatic rings. The van der Waals surface area contributed by atoms with Gasteiger partial charge in [-0.3, -0.25) is 0 Å². The fourth-order valence-corrected chi connectivity index (χ4v) is 1.17. The average Bonchev–Trinajstić information content (AvgIpc) is 2.06. The molecular weight excluding hydrogens is 265 g/mol. The zero-order chi connectivity index (χ0) is 10.8. The Bertz CT molecular complexity index is 329. The molecule has 7 heteroatoms. The lowest BCUT2D eigenvalue weighted by atomic mass is 10.3. The van der Waals surface area contributed by atoms with Crippen LogP contribution in [0.3, 0.4) is 0 Å². The highest BCUT2D eigenvalue weighted by Gasteiger charge is 2.31. The van der Waals surface area contributed by atoms with Crippen LogP contribution in [0.2, 0.25) is 0 Å². The predicted molar refractivity (Wildman–Crippen MR) is 46.5 cm³/mol. The second-order valence-corrected chi connectivity index (χ2v) is 3.18. The topological polar surface area (TPSA) is 48.1 Å². The van der Waals surface area contributed by atoms with Gasteiger partial charge in [-0.15, -0.1) is 13.2 Å². The summed E-state index contributed by atoms with van der Waals surface area (Å²) in [5.41, 5.74) is 5.57. The first-order valence-electron chi connectivity index (χ1n) is 3.53. The van der Waals surface area contributed by atoms with Crippen LogP contribution in [0.25, 0.3) is 0 Å². The Morgan fingerprint density at radius 3 is 2.57 bits per heavy atom. The summed E-state index contributed by atoms with van der Waals surface area (Å²) >= 11 is 3.09.